The van der Waals surface area contributed by atoms with Gasteiger partial charge in [0, 0.05) is 28.8 Å². The minimum Gasteiger partial charge on any atom is -0.465 e. The molecule has 0 bridgehead atoms. The Morgan fingerprint density at radius 1 is 1.26 bits per heavy atom. The normalized spacial score (nSPS) is 18.2. The second kappa shape index (κ2) is 9.08. The summed E-state index contributed by atoms with van der Waals surface area (Å²) in [5.74, 6) is -0.321. The van der Waals surface area contributed by atoms with E-state index in [0.29, 0.717) is 11.7 Å². The van der Waals surface area contributed by atoms with Crippen LogP contribution < -0.4 is 5.32 Å². The number of rotatable bonds is 6. The second-order valence-corrected chi connectivity index (χ2v) is 8.09. The van der Waals surface area contributed by atoms with Crippen LogP contribution in [0.1, 0.15) is 36.0 Å². The summed E-state index contributed by atoms with van der Waals surface area (Å²) in [5.41, 5.74) is 3.80. The van der Waals surface area contributed by atoms with Crippen molar-refractivity contribution in [3.05, 3.63) is 82.9 Å². The monoisotopic (exact) mass is 454 g/mol. The number of aromatic nitrogens is 2. The number of carbonyl (C=O) groups is 1. The fourth-order valence-electron chi connectivity index (χ4n) is 3.89. The SMILES string of the molecule is CCOC(=O)CN1C(=S)N[C@@H](c2ccccn2)[C@H]1c1cccn1-c1ccc(Cl)c(C)c1. The van der Waals surface area contributed by atoms with E-state index in [9.17, 15) is 4.79 Å². The Balaban J connectivity index is 1.79. The molecule has 4 rings (SSSR count). The molecule has 0 saturated carbocycles. The number of aryl methyl sites for hydroxylation is 1. The van der Waals surface area contributed by atoms with E-state index in [1.807, 2.05) is 66.6 Å². The Kier molecular flexibility index (Phi) is 6.25. The minimum absolute atomic E-state index is 0.0541. The van der Waals surface area contributed by atoms with Gasteiger partial charge in [-0.25, -0.2) is 0 Å². The molecule has 1 fully saturated rings. The van der Waals surface area contributed by atoms with Gasteiger partial charge in [0.1, 0.15) is 6.54 Å². The lowest BCUT2D eigenvalue weighted by Gasteiger charge is -2.28. The maximum Gasteiger partial charge on any atom is 0.325 e. The number of benzene rings is 1. The number of hydrogen-bond acceptors (Lipinski definition) is 4. The summed E-state index contributed by atoms with van der Waals surface area (Å²) in [5, 5.41) is 4.57. The van der Waals surface area contributed by atoms with Gasteiger partial charge >= 0.3 is 5.97 Å². The average molecular weight is 455 g/mol. The molecule has 2 aromatic heterocycles. The van der Waals surface area contributed by atoms with E-state index < -0.39 is 0 Å². The van der Waals surface area contributed by atoms with E-state index in [1.54, 1.807) is 13.1 Å². The number of carbonyl (C=O) groups excluding carboxylic acids is 1. The molecular weight excluding hydrogens is 432 g/mol. The van der Waals surface area contributed by atoms with E-state index >= 15 is 0 Å². The van der Waals surface area contributed by atoms with Crippen LogP contribution in [0.4, 0.5) is 0 Å². The third kappa shape index (κ3) is 4.29. The van der Waals surface area contributed by atoms with Crippen molar-refractivity contribution in [2.24, 2.45) is 0 Å². The summed E-state index contributed by atoms with van der Waals surface area (Å²) in [4.78, 5) is 18.8. The number of nitrogens with zero attached hydrogens (tertiary/aromatic N) is 3. The molecule has 8 heteroatoms. The molecule has 6 nitrogen and oxygen atoms in total. The number of thiocarbonyl (C=S) groups is 1. The molecule has 1 aliphatic heterocycles. The molecular formula is C23H23ClN4O2S. The van der Waals surface area contributed by atoms with Gasteiger partial charge < -0.3 is 19.5 Å². The number of hydrogen-bond donors (Lipinski definition) is 1. The first-order valence-electron chi connectivity index (χ1n) is 10.1. The fraction of sp³-hybridized carbons (Fsp3) is 0.261. The summed E-state index contributed by atoms with van der Waals surface area (Å²) in [6.45, 7) is 4.14. The molecule has 0 aliphatic carbocycles. The highest BCUT2D eigenvalue weighted by molar-refractivity contribution is 7.80. The third-order valence-corrected chi connectivity index (χ3v) is 6.08. The van der Waals surface area contributed by atoms with Crippen LogP contribution in [-0.4, -0.2) is 38.7 Å². The van der Waals surface area contributed by atoms with Gasteiger partial charge in [-0.1, -0.05) is 17.7 Å². The third-order valence-electron chi connectivity index (χ3n) is 5.31. The molecule has 1 N–H and O–H groups in total. The Hall–Kier alpha value is -2.90. The summed E-state index contributed by atoms with van der Waals surface area (Å²) in [6.07, 6.45) is 3.75. The first kappa shape index (κ1) is 21.3. The molecule has 1 saturated heterocycles. The maximum atomic E-state index is 12.4. The first-order chi connectivity index (χ1) is 15.0. The molecule has 0 unspecified atom stereocenters. The second-order valence-electron chi connectivity index (χ2n) is 7.30. The van der Waals surface area contributed by atoms with Crippen LogP contribution in [-0.2, 0) is 9.53 Å². The van der Waals surface area contributed by atoms with Crippen LogP contribution in [0, 0.1) is 6.92 Å². The summed E-state index contributed by atoms with van der Waals surface area (Å²) in [6, 6.07) is 15.2. The smallest absolute Gasteiger partial charge is 0.325 e. The van der Waals surface area contributed by atoms with Gasteiger partial charge in [-0.15, -0.1) is 0 Å². The van der Waals surface area contributed by atoms with E-state index in [-0.39, 0.29) is 24.6 Å². The van der Waals surface area contributed by atoms with E-state index in [1.165, 1.54) is 0 Å². The molecule has 0 spiro atoms. The Morgan fingerprint density at radius 3 is 2.81 bits per heavy atom. The van der Waals surface area contributed by atoms with Gasteiger partial charge in [0.25, 0.3) is 0 Å². The topological polar surface area (TPSA) is 59.4 Å². The van der Waals surface area contributed by atoms with Crippen LogP contribution in [0.15, 0.2) is 60.9 Å². The van der Waals surface area contributed by atoms with Crippen molar-refractivity contribution in [1.29, 1.82) is 0 Å². The molecule has 1 aromatic carbocycles. The van der Waals surface area contributed by atoms with Crippen LogP contribution in [0.2, 0.25) is 5.02 Å². The zero-order valence-corrected chi connectivity index (χ0v) is 18.9. The molecule has 0 amide bonds. The van der Waals surface area contributed by atoms with Crippen molar-refractivity contribution >= 4 is 34.9 Å². The van der Waals surface area contributed by atoms with Crippen molar-refractivity contribution in [2.45, 2.75) is 25.9 Å². The minimum atomic E-state index is -0.321. The zero-order valence-electron chi connectivity index (χ0n) is 17.3. The number of nitrogens with one attached hydrogen (secondary N) is 1. The first-order valence-corrected chi connectivity index (χ1v) is 10.9. The lowest BCUT2D eigenvalue weighted by molar-refractivity contribution is -0.143. The maximum absolute atomic E-state index is 12.4. The van der Waals surface area contributed by atoms with Crippen molar-refractivity contribution in [2.75, 3.05) is 13.2 Å². The number of halogens is 1. The predicted octanol–water partition coefficient (Wildman–Crippen LogP) is 4.37. The quantitative estimate of drug-likeness (QED) is 0.441. The lowest BCUT2D eigenvalue weighted by atomic mass is 10.0. The summed E-state index contributed by atoms with van der Waals surface area (Å²) in [7, 11) is 0. The van der Waals surface area contributed by atoms with Crippen molar-refractivity contribution < 1.29 is 9.53 Å². The Labute approximate surface area is 191 Å². The fourth-order valence-corrected chi connectivity index (χ4v) is 4.31. The van der Waals surface area contributed by atoms with Crippen LogP contribution in [0.3, 0.4) is 0 Å². The van der Waals surface area contributed by atoms with Crippen molar-refractivity contribution in [3.8, 4) is 5.69 Å². The summed E-state index contributed by atoms with van der Waals surface area (Å²) >= 11 is 11.9. The van der Waals surface area contributed by atoms with Crippen molar-refractivity contribution in [1.82, 2.24) is 19.8 Å². The molecule has 2 atom stereocenters. The van der Waals surface area contributed by atoms with E-state index in [2.05, 4.69) is 14.9 Å². The molecule has 1 aliphatic rings. The van der Waals surface area contributed by atoms with Gasteiger partial charge in [-0.05, 0) is 74.1 Å². The lowest BCUT2D eigenvalue weighted by Crippen LogP contribution is -2.36. The van der Waals surface area contributed by atoms with Gasteiger partial charge in [-0.3, -0.25) is 9.78 Å². The number of ether oxygens (including phenoxy) is 1. The standard InChI is InChI=1S/C23H23ClN4O2S/c1-3-30-20(29)14-28-22(21(26-23(28)31)18-7-4-5-11-25-18)19-8-6-12-27(19)16-9-10-17(24)15(2)13-16/h4-13,21-22H,3,14H2,1-2H3,(H,26,31)/t21-,22+/m0/s1. The molecule has 0 radical (unpaired) electrons. The van der Waals surface area contributed by atoms with Gasteiger partial charge in [0.2, 0.25) is 0 Å². The van der Waals surface area contributed by atoms with E-state index in [0.717, 1.165) is 27.7 Å². The van der Waals surface area contributed by atoms with Gasteiger partial charge in [0.05, 0.1) is 24.4 Å². The average Bonchev–Trinajstić information content (AvgIpc) is 3.36. The van der Waals surface area contributed by atoms with Crippen molar-refractivity contribution in [3.63, 3.8) is 0 Å². The molecule has 3 heterocycles. The molecule has 31 heavy (non-hydrogen) atoms. The summed E-state index contributed by atoms with van der Waals surface area (Å²) < 4.78 is 7.29. The van der Waals surface area contributed by atoms with Gasteiger partial charge in [0.15, 0.2) is 5.11 Å². The Morgan fingerprint density at radius 2 is 2.10 bits per heavy atom. The molecule has 160 valence electrons. The highest BCUT2D eigenvalue weighted by Gasteiger charge is 2.42. The van der Waals surface area contributed by atoms with Crippen LogP contribution in [0.5, 0.6) is 0 Å². The van der Waals surface area contributed by atoms with Crippen LogP contribution in [0.25, 0.3) is 5.69 Å². The highest BCUT2D eigenvalue weighted by Crippen LogP contribution is 2.39. The molecule has 3 aromatic rings. The van der Waals surface area contributed by atoms with Gasteiger partial charge in [-0.2, -0.15) is 0 Å². The number of pyridine rings is 1. The van der Waals surface area contributed by atoms with Crippen LogP contribution >= 0.6 is 23.8 Å². The predicted molar refractivity (Wildman–Crippen MR) is 124 cm³/mol. The van der Waals surface area contributed by atoms with E-state index in [4.69, 9.17) is 28.6 Å². The number of esters is 1. The Bertz CT molecular complexity index is 1100. The zero-order chi connectivity index (χ0) is 22.0. The highest BCUT2D eigenvalue weighted by atomic mass is 35.5. The largest absolute Gasteiger partial charge is 0.465 e.